The Kier molecular flexibility index (Phi) is 4.70. The van der Waals surface area contributed by atoms with Gasteiger partial charge in [-0.15, -0.1) is 0 Å². The highest BCUT2D eigenvalue weighted by Crippen LogP contribution is 2.30. The fraction of sp³-hybridized carbons (Fsp3) is 0.391. The van der Waals surface area contributed by atoms with Crippen LogP contribution < -0.4 is 0 Å². The summed E-state index contributed by atoms with van der Waals surface area (Å²) < 4.78 is 16.8. The second kappa shape index (κ2) is 7.40. The van der Waals surface area contributed by atoms with Crippen LogP contribution in [-0.2, 0) is 0 Å². The SMILES string of the molecule is CCN1CCC(c2cc3c(F)cc(-c4cc(C)c5nc(C)cn5n4)cc3nn2)CC1. The number of aromatic nitrogens is 5. The van der Waals surface area contributed by atoms with E-state index in [0.717, 1.165) is 55.1 Å². The van der Waals surface area contributed by atoms with Crippen LogP contribution in [-0.4, -0.2) is 49.3 Å². The molecule has 0 radical (unpaired) electrons. The molecule has 6 nitrogen and oxygen atoms in total. The van der Waals surface area contributed by atoms with E-state index in [9.17, 15) is 0 Å². The van der Waals surface area contributed by atoms with Crippen molar-refractivity contribution >= 4 is 16.6 Å². The summed E-state index contributed by atoms with van der Waals surface area (Å²) in [6.07, 6.45) is 3.96. The summed E-state index contributed by atoms with van der Waals surface area (Å²) in [6.45, 7) is 9.30. The summed E-state index contributed by atoms with van der Waals surface area (Å²) in [6, 6.07) is 7.23. The predicted octanol–water partition coefficient (Wildman–Crippen LogP) is 4.29. The maximum absolute atomic E-state index is 15.1. The molecule has 0 unspecified atom stereocenters. The fourth-order valence-electron chi connectivity index (χ4n) is 4.40. The Balaban J connectivity index is 1.52. The molecule has 4 aromatic rings. The average Bonchev–Trinajstić information content (AvgIpc) is 3.14. The van der Waals surface area contributed by atoms with Crippen molar-refractivity contribution in [2.24, 2.45) is 0 Å². The smallest absolute Gasteiger partial charge is 0.156 e. The molecule has 0 N–H and O–H groups in total. The molecule has 0 spiro atoms. The standard InChI is InChI=1S/C23H25FN6/c1-4-29-7-5-16(6-8-29)20-12-18-19(24)10-17(11-22(18)27-26-20)21-9-14(2)23-25-15(3)13-30(23)28-21/h9-13,16H,4-8H2,1-3H3. The van der Waals surface area contributed by atoms with Crippen molar-refractivity contribution in [3.8, 4) is 11.3 Å². The molecule has 1 fully saturated rings. The second-order valence-electron chi connectivity index (χ2n) is 8.23. The molecule has 0 amide bonds. The van der Waals surface area contributed by atoms with E-state index in [1.807, 2.05) is 38.2 Å². The van der Waals surface area contributed by atoms with Gasteiger partial charge in [0.05, 0.1) is 28.8 Å². The molecule has 1 aliphatic heterocycles. The number of likely N-dealkylation sites (tertiary alicyclic amines) is 1. The van der Waals surface area contributed by atoms with E-state index in [1.54, 1.807) is 10.6 Å². The largest absolute Gasteiger partial charge is 0.304 e. The van der Waals surface area contributed by atoms with Gasteiger partial charge < -0.3 is 4.90 Å². The van der Waals surface area contributed by atoms with Crippen molar-refractivity contribution in [3.05, 3.63) is 53.2 Å². The molecule has 0 bridgehead atoms. The molecule has 4 heterocycles. The number of imidazole rings is 1. The minimum atomic E-state index is -0.286. The molecule has 7 heteroatoms. The summed E-state index contributed by atoms with van der Waals surface area (Å²) in [4.78, 5) is 6.92. The van der Waals surface area contributed by atoms with Crippen molar-refractivity contribution in [1.29, 1.82) is 0 Å². The Morgan fingerprint density at radius 2 is 1.87 bits per heavy atom. The highest BCUT2D eigenvalue weighted by Gasteiger charge is 2.22. The minimum Gasteiger partial charge on any atom is -0.304 e. The number of benzene rings is 1. The van der Waals surface area contributed by atoms with E-state index in [4.69, 9.17) is 0 Å². The van der Waals surface area contributed by atoms with Gasteiger partial charge in [0, 0.05) is 16.9 Å². The third kappa shape index (κ3) is 3.33. The van der Waals surface area contributed by atoms with Gasteiger partial charge in [-0.05, 0) is 76.2 Å². The predicted molar refractivity (Wildman–Crippen MR) is 115 cm³/mol. The van der Waals surface area contributed by atoms with Gasteiger partial charge >= 0.3 is 0 Å². The third-order valence-corrected chi connectivity index (χ3v) is 6.15. The third-order valence-electron chi connectivity index (χ3n) is 6.15. The van der Waals surface area contributed by atoms with Gasteiger partial charge in [-0.3, -0.25) is 0 Å². The maximum atomic E-state index is 15.1. The van der Waals surface area contributed by atoms with Gasteiger partial charge in [0.15, 0.2) is 5.65 Å². The van der Waals surface area contributed by atoms with Crippen LogP contribution in [0.4, 0.5) is 4.39 Å². The molecule has 0 saturated carbocycles. The van der Waals surface area contributed by atoms with E-state index < -0.39 is 0 Å². The first-order valence-electron chi connectivity index (χ1n) is 10.5. The lowest BCUT2D eigenvalue weighted by molar-refractivity contribution is 0.220. The van der Waals surface area contributed by atoms with Crippen LogP contribution in [0.5, 0.6) is 0 Å². The number of rotatable bonds is 3. The monoisotopic (exact) mass is 404 g/mol. The number of nitrogens with zero attached hydrogens (tertiary/aromatic N) is 6. The Morgan fingerprint density at radius 1 is 1.07 bits per heavy atom. The number of hydrogen-bond acceptors (Lipinski definition) is 5. The Hall–Kier alpha value is -2.93. The van der Waals surface area contributed by atoms with E-state index in [1.165, 1.54) is 0 Å². The number of aryl methyl sites for hydroxylation is 2. The Bertz CT molecular complexity index is 1240. The molecule has 5 rings (SSSR count). The highest BCUT2D eigenvalue weighted by atomic mass is 19.1. The molecule has 154 valence electrons. The van der Waals surface area contributed by atoms with Crippen molar-refractivity contribution in [2.75, 3.05) is 19.6 Å². The summed E-state index contributed by atoms with van der Waals surface area (Å²) in [5, 5.41) is 14.0. The van der Waals surface area contributed by atoms with E-state index in [0.29, 0.717) is 28.1 Å². The topological polar surface area (TPSA) is 59.2 Å². The summed E-state index contributed by atoms with van der Waals surface area (Å²) in [7, 11) is 0. The van der Waals surface area contributed by atoms with Crippen LogP contribution in [0, 0.1) is 19.7 Å². The van der Waals surface area contributed by atoms with Gasteiger partial charge in [-0.2, -0.15) is 15.3 Å². The van der Waals surface area contributed by atoms with Gasteiger partial charge in [0.25, 0.3) is 0 Å². The maximum Gasteiger partial charge on any atom is 0.156 e. The first-order chi connectivity index (χ1) is 14.5. The van der Waals surface area contributed by atoms with Crippen LogP contribution in [0.15, 0.2) is 30.5 Å². The average molecular weight is 404 g/mol. The van der Waals surface area contributed by atoms with E-state index in [2.05, 4.69) is 32.1 Å². The number of hydrogen-bond donors (Lipinski definition) is 0. The summed E-state index contributed by atoms with van der Waals surface area (Å²) in [5.74, 6) is 0.0611. The molecule has 1 saturated heterocycles. The zero-order valence-electron chi connectivity index (χ0n) is 17.6. The zero-order valence-corrected chi connectivity index (χ0v) is 17.6. The van der Waals surface area contributed by atoms with Gasteiger partial charge in [-0.1, -0.05) is 6.92 Å². The van der Waals surface area contributed by atoms with Crippen molar-refractivity contribution in [1.82, 2.24) is 29.7 Å². The van der Waals surface area contributed by atoms with Gasteiger partial charge in [-0.25, -0.2) is 13.9 Å². The highest BCUT2D eigenvalue weighted by molar-refractivity contribution is 5.84. The molecular weight excluding hydrogens is 379 g/mol. The number of fused-ring (bicyclic) bond motifs is 2. The number of piperidine rings is 1. The van der Waals surface area contributed by atoms with Crippen molar-refractivity contribution in [2.45, 2.75) is 39.5 Å². The normalized spacial score (nSPS) is 16.0. The van der Waals surface area contributed by atoms with Crippen LogP contribution in [0.3, 0.4) is 0 Å². The lowest BCUT2D eigenvalue weighted by Gasteiger charge is -2.30. The van der Waals surface area contributed by atoms with E-state index >= 15 is 4.39 Å². The first kappa shape index (κ1) is 19.1. The Labute approximate surface area is 174 Å². The molecule has 1 aliphatic rings. The zero-order chi connectivity index (χ0) is 20.8. The quantitative estimate of drug-likeness (QED) is 0.510. The van der Waals surface area contributed by atoms with Crippen LogP contribution >= 0.6 is 0 Å². The molecule has 0 atom stereocenters. The molecule has 1 aromatic carbocycles. The van der Waals surface area contributed by atoms with Crippen LogP contribution in [0.25, 0.3) is 27.8 Å². The van der Waals surface area contributed by atoms with Crippen LogP contribution in [0.2, 0.25) is 0 Å². The number of halogens is 1. The summed E-state index contributed by atoms with van der Waals surface area (Å²) >= 11 is 0. The minimum absolute atomic E-state index is 0.286. The van der Waals surface area contributed by atoms with E-state index in [-0.39, 0.29) is 5.82 Å². The van der Waals surface area contributed by atoms with Crippen LogP contribution in [0.1, 0.15) is 42.6 Å². The van der Waals surface area contributed by atoms with Crippen molar-refractivity contribution < 1.29 is 4.39 Å². The fourth-order valence-corrected chi connectivity index (χ4v) is 4.40. The molecular formula is C23H25FN6. The Morgan fingerprint density at radius 3 is 2.63 bits per heavy atom. The lowest BCUT2D eigenvalue weighted by Crippen LogP contribution is -2.32. The summed E-state index contributed by atoms with van der Waals surface area (Å²) in [5.41, 5.74) is 5.54. The van der Waals surface area contributed by atoms with Gasteiger partial charge in [0.2, 0.25) is 0 Å². The second-order valence-corrected chi connectivity index (χ2v) is 8.23. The first-order valence-corrected chi connectivity index (χ1v) is 10.5. The lowest BCUT2D eigenvalue weighted by atomic mass is 9.92. The van der Waals surface area contributed by atoms with Crippen molar-refractivity contribution in [3.63, 3.8) is 0 Å². The molecule has 30 heavy (non-hydrogen) atoms. The van der Waals surface area contributed by atoms with Gasteiger partial charge in [0.1, 0.15) is 5.82 Å². The molecule has 3 aromatic heterocycles. The molecule has 0 aliphatic carbocycles.